The van der Waals surface area contributed by atoms with E-state index < -0.39 is 0 Å². The molecule has 2 aliphatic rings. The Labute approximate surface area is 166 Å². The zero-order valence-electron chi connectivity index (χ0n) is 15.3. The Bertz CT molecular complexity index is 593. The lowest BCUT2D eigenvalue weighted by Gasteiger charge is -2.45. The van der Waals surface area contributed by atoms with E-state index in [0.29, 0.717) is 12.1 Å². The maximum atomic E-state index is 2.74. The fraction of sp³-hybridized carbons (Fsp3) is 0.455. The molecule has 0 aliphatic carbocycles. The lowest BCUT2D eigenvalue weighted by Crippen LogP contribution is -2.46. The third-order valence-corrected chi connectivity index (χ3v) is 7.34. The van der Waals surface area contributed by atoms with Crippen molar-refractivity contribution < 1.29 is 0 Å². The fourth-order valence-electron chi connectivity index (χ4n) is 4.20. The van der Waals surface area contributed by atoms with Gasteiger partial charge in [-0.2, -0.15) is 23.5 Å². The van der Waals surface area contributed by atoms with Crippen LogP contribution in [0, 0.1) is 0 Å². The fourth-order valence-corrected chi connectivity index (χ4v) is 6.06. The first kappa shape index (κ1) is 18.4. The van der Waals surface area contributed by atoms with Crippen LogP contribution >= 0.6 is 23.5 Å². The molecule has 0 bridgehead atoms. The molecule has 0 spiro atoms. The van der Waals surface area contributed by atoms with Crippen LogP contribution in [-0.2, 0) is 0 Å². The molecule has 0 amide bonds. The number of thioether (sulfide) groups is 2. The van der Waals surface area contributed by atoms with Gasteiger partial charge in [-0.25, -0.2) is 0 Å². The van der Waals surface area contributed by atoms with E-state index in [1.54, 1.807) is 0 Å². The molecule has 2 aliphatic heterocycles. The van der Waals surface area contributed by atoms with E-state index in [4.69, 9.17) is 0 Å². The van der Waals surface area contributed by atoms with Crippen LogP contribution in [0.2, 0.25) is 0 Å². The molecule has 2 saturated heterocycles. The summed E-state index contributed by atoms with van der Waals surface area (Å²) in [5.74, 6) is 5.00. The molecule has 4 rings (SSSR count). The number of rotatable bonds is 5. The molecular weight excluding hydrogens is 356 g/mol. The van der Waals surface area contributed by atoms with Gasteiger partial charge in [-0.15, -0.1) is 0 Å². The summed E-state index contributed by atoms with van der Waals surface area (Å²) in [6.45, 7) is 4.76. The summed E-state index contributed by atoms with van der Waals surface area (Å²) in [5, 5.41) is 0. The monoisotopic (exact) mass is 384 g/mol. The van der Waals surface area contributed by atoms with Gasteiger partial charge in [-0.3, -0.25) is 9.80 Å². The van der Waals surface area contributed by atoms with Crippen LogP contribution in [0.3, 0.4) is 0 Å². The van der Waals surface area contributed by atoms with Gasteiger partial charge in [-0.05, 0) is 11.1 Å². The normalized spacial score (nSPS) is 22.0. The zero-order valence-corrected chi connectivity index (χ0v) is 16.9. The summed E-state index contributed by atoms with van der Waals surface area (Å²) in [4.78, 5) is 5.48. The molecule has 0 aromatic heterocycles. The van der Waals surface area contributed by atoms with Crippen molar-refractivity contribution in [3.05, 3.63) is 71.8 Å². The molecule has 4 heteroatoms. The molecule has 138 valence electrons. The van der Waals surface area contributed by atoms with Crippen LogP contribution in [0.4, 0.5) is 0 Å². The lowest BCUT2D eigenvalue weighted by atomic mass is 9.90. The van der Waals surface area contributed by atoms with E-state index in [1.165, 1.54) is 60.3 Å². The second-order valence-electron chi connectivity index (χ2n) is 7.01. The van der Waals surface area contributed by atoms with E-state index >= 15 is 0 Å². The van der Waals surface area contributed by atoms with E-state index in [1.807, 2.05) is 0 Å². The number of hydrogen-bond donors (Lipinski definition) is 0. The van der Waals surface area contributed by atoms with Gasteiger partial charge in [0.1, 0.15) is 0 Å². The number of nitrogens with zero attached hydrogens (tertiary/aromatic N) is 2. The molecule has 2 aromatic rings. The van der Waals surface area contributed by atoms with Crippen molar-refractivity contribution in [2.45, 2.75) is 12.1 Å². The van der Waals surface area contributed by atoms with Gasteiger partial charge in [0.05, 0.1) is 12.1 Å². The van der Waals surface area contributed by atoms with Gasteiger partial charge < -0.3 is 0 Å². The van der Waals surface area contributed by atoms with Crippen LogP contribution in [0.25, 0.3) is 0 Å². The maximum Gasteiger partial charge on any atom is 0.0546 e. The van der Waals surface area contributed by atoms with Crippen LogP contribution in [-0.4, -0.2) is 59.0 Å². The third kappa shape index (κ3) is 4.30. The first-order valence-corrected chi connectivity index (χ1v) is 12.0. The second-order valence-corrected chi connectivity index (χ2v) is 9.46. The molecule has 0 radical (unpaired) electrons. The van der Waals surface area contributed by atoms with Crippen LogP contribution in [0.15, 0.2) is 60.7 Å². The predicted octanol–water partition coefficient (Wildman–Crippen LogP) is 4.57. The Morgan fingerprint density at radius 3 is 1.23 bits per heavy atom. The van der Waals surface area contributed by atoms with Crippen LogP contribution < -0.4 is 0 Å². The van der Waals surface area contributed by atoms with Gasteiger partial charge in [0.25, 0.3) is 0 Å². The highest BCUT2D eigenvalue weighted by atomic mass is 32.2. The quantitative estimate of drug-likeness (QED) is 0.745. The molecular formula is C22H28N2S2. The highest BCUT2D eigenvalue weighted by Crippen LogP contribution is 2.40. The minimum Gasteiger partial charge on any atom is -0.293 e. The number of benzene rings is 2. The summed E-state index contributed by atoms with van der Waals surface area (Å²) < 4.78 is 0. The maximum absolute atomic E-state index is 2.74. The Kier molecular flexibility index (Phi) is 6.60. The largest absolute Gasteiger partial charge is 0.293 e. The van der Waals surface area contributed by atoms with Gasteiger partial charge in [-0.1, -0.05) is 60.7 Å². The number of hydrogen-bond acceptors (Lipinski definition) is 4. The second kappa shape index (κ2) is 9.32. The molecule has 2 atom stereocenters. The molecule has 26 heavy (non-hydrogen) atoms. The van der Waals surface area contributed by atoms with Crippen molar-refractivity contribution in [1.82, 2.24) is 9.80 Å². The Balaban J connectivity index is 1.74. The molecule has 2 aromatic carbocycles. The van der Waals surface area contributed by atoms with Gasteiger partial charge in [0.2, 0.25) is 0 Å². The van der Waals surface area contributed by atoms with Crippen molar-refractivity contribution in [1.29, 1.82) is 0 Å². The predicted molar refractivity (Wildman–Crippen MR) is 116 cm³/mol. The van der Waals surface area contributed by atoms with E-state index in [9.17, 15) is 0 Å². The van der Waals surface area contributed by atoms with Crippen molar-refractivity contribution in [2.24, 2.45) is 0 Å². The van der Waals surface area contributed by atoms with E-state index in [0.717, 1.165) is 0 Å². The van der Waals surface area contributed by atoms with Gasteiger partial charge in [0, 0.05) is 49.2 Å². The lowest BCUT2D eigenvalue weighted by molar-refractivity contribution is 0.0885. The highest BCUT2D eigenvalue weighted by Gasteiger charge is 2.35. The smallest absolute Gasteiger partial charge is 0.0546 e. The topological polar surface area (TPSA) is 6.48 Å². The van der Waals surface area contributed by atoms with E-state index in [2.05, 4.69) is 94.0 Å². The van der Waals surface area contributed by atoms with Gasteiger partial charge >= 0.3 is 0 Å². The molecule has 2 nitrogen and oxygen atoms in total. The standard InChI is InChI=1S/C22H28N2S2/c1-3-7-19(8-4-1)21(23-11-15-25-16-12-23)22(20-9-5-2-6-10-20)24-13-17-26-18-14-24/h1-10,21-22H,11-18H2. The first-order valence-electron chi connectivity index (χ1n) is 9.67. The summed E-state index contributed by atoms with van der Waals surface area (Å²) in [6, 6.07) is 23.3. The highest BCUT2D eigenvalue weighted by molar-refractivity contribution is 7.99. The molecule has 0 saturated carbocycles. The third-order valence-electron chi connectivity index (χ3n) is 5.46. The Hall–Kier alpha value is -0.940. The van der Waals surface area contributed by atoms with Crippen LogP contribution in [0.5, 0.6) is 0 Å². The summed E-state index contributed by atoms with van der Waals surface area (Å²) in [6.07, 6.45) is 0. The minimum atomic E-state index is 0.433. The van der Waals surface area contributed by atoms with Crippen LogP contribution in [0.1, 0.15) is 23.2 Å². The zero-order chi connectivity index (χ0) is 17.6. The SMILES string of the molecule is c1ccc(C(C(c2ccccc2)N2CCSCC2)N2CCSCC2)cc1. The Morgan fingerprint density at radius 2 is 0.885 bits per heavy atom. The molecule has 0 N–H and O–H groups in total. The van der Waals surface area contributed by atoms with Crippen molar-refractivity contribution in [2.75, 3.05) is 49.2 Å². The average molecular weight is 385 g/mol. The molecule has 2 unspecified atom stereocenters. The van der Waals surface area contributed by atoms with E-state index in [-0.39, 0.29) is 0 Å². The summed E-state index contributed by atoms with van der Waals surface area (Å²) in [5.41, 5.74) is 2.93. The summed E-state index contributed by atoms with van der Waals surface area (Å²) in [7, 11) is 0. The first-order chi connectivity index (χ1) is 12.9. The molecule has 2 heterocycles. The van der Waals surface area contributed by atoms with Crippen molar-refractivity contribution in [3.8, 4) is 0 Å². The van der Waals surface area contributed by atoms with Crippen molar-refractivity contribution in [3.63, 3.8) is 0 Å². The average Bonchev–Trinajstić information content (AvgIpc) is 2.74. The Morgan fingerprint density at radius 1 is 0.538 bits per heavy atom. The molecule has 2 fully saturated rings. The van der Waals surface area contributed by atoms with Gasteiger partial charge in [0.15, 0.2) is 0 Å². The summed E-state index contributed by atoms with van der Waals surface area (Å²) >= 11 is 4.19. The van der Waals surface area contributed by atoms with Crippen molar-refractivity contribution >= 4 is 23.5 Å². The minimum absolute atomic E-state index is 0.433.